The lowest BCUT2D eigenvalue weighted by atomic mass is 10.3. The highest BCUT2D eigenvalue weighted by molar-refractivity contribution is 7.85. The number of carbonyl (C=O) groups is 5. The molecule has 0 saturated carbocycles. The first-order valence-corrected chi connectivity index (χ1v) is 20.8. The third-order valence-electron chi connectivity index (χ3n) is 6.65. The van der Waals surface area contributed by atoms with Crippen molar-refractivity contribution in [3.05, 3.63) is 103 Å². The standard InChI is InChI=1S/C18H15OP.C9H15NO5.C9H13NO4.C3H3Cl3O3.CO2.2CH4/c19-20(16-10-4-1-5-11-16,17-12-6-2-7-13-17)18-14-8-3-9-15-18;1-4-14-8(12)6(3)10-7(11)9(13)15-5-2;1-4-12-8(11)7-10-6(3)9(14-7)13-5-2;1-8-2(7)9-3(4,5)6;2-1-3;;/h1-15H;6H,4-5H2,1-3H3,(H,10,11);4-5H2,1-3H3;1H3;;2*1H4. The second kappa shape index (κ2) is 33.9. The van der Waals surface area contributed by atoms with Crippen molar-refractivity contribution in [2.24, 2.45) is 0 Å². The van der Waals surface area contributed by atoms with Gasteiger partial charge in [0.2, 0.25) is 0 Å². The molecule has 0 aliphatic rings. The molecule has 0 bridgehead atoms. The fourth-order valence-corrected chi connectivity index (χ4v) is 7.06. The van der Waals surface area contributed by atoms with E-state index in [4.69, 9.17) is 58.3 Å². The smallest absolute Gasteiger partial charge is 0.464 e. The number of hydrogen-bond acceptors (Lipinski definition) is 16. The van der Waals surface area contributed by atoms with Gasteiger partial charge >= 0.3 is 51.9 Å². The van der Waals surface area contributed by atoms with Crippen LogP contribution in [-0.4, -0.2) is 84.7 Å². The lowest BCUT2D eigenvalue weighted by molar-refractivity contribution is -0.191. The summed E-state index contributed by atoms with van der Waals surface area (Å²) in [4.78, 5) is 74.4. The third kappa shape index (κ3) is 23.9. The molecule has 4 aromatic rings. The molecule has 0 aliphatic carbocycles. The minimum Gasteiger partial charge on any atom is -0.464 e. The molecule has 1 unspecified atom stereocenters. The summed E-state index contributed by atoms with van der Waals surface area (Å²) < 4.78 is 43.8. The number of nitrogens with one attached hydrogen (secondary N) is 1. The summed E-state index contributed by atoms with van der Waals surface area (Å²) >= 11 is 15.0. The number of alkyl halides is 3. The minimum absolute atomic E-state index is 0. The predicted molar refractivity (Wildman–Crippen MR) is 237 cm³/mol. The first kappa shape index (κ1) is 61.6. The average Bonchev–Trinajstić information content (AvgIpc) is 3.62. The number of methoxy groups -OCH3 is 1. The maximum absolute atomic E-state index is 13.8. The largest absolute Gasteiger partial charge is 0.511 e. The van der Waals surface area contributed by atoms with E-state index in [1.54, 1.807) is 27.7 Å². The van der Waals surface area contributed by atoms with Crippen LogP contribution in [0.15, 0.2) is 95.4 Å². The van der Waals surface area contributed by atoms with Crippen LogP contribution in [0.3, 0.4) is 0 Å². The van der Waals surface area contributed by atoms with E-state index in [-0.39, 0.29) is 46.1 Å². The number of carbonyl (C=O) groups excluding carboxylic acids is 7. The van der Waals surface area contributed by atoms with Gasteiger partial charge in [-0.25, -0.2) is 24.2 Å². The number of aryl methyl sites for hydroxylation is 1. The van der Waals surface area contributed by atoms with Crippen LogP contribution >= 0.6 is 41.9 Å². The van der Waals surface area contributed by atoms with Gasteiger partial charge in [0.05, 0.1) is 33.5 Å². The zero-order valence-electron chi connectivity index (χ0n) is 34.2. The van der Waals surface area contributed by atoms with Crippen LogP contribution in [0.5, 0.6) is 5.95 Å². The van der Waals surface area contributed by atoms with Crippen molar-refractivity contribution in [3.63, 3.8) is 0 Å². The van der Waals surface area contributed by atoms with E-state index >= 15 is 0 Å². The summed E-state index contributed by atoms with van der Waals surface area (Å²) in [6.07, 6.45) is -0.782. The summed E-state index contributed by atoms with van der Waals surface area (Å²) in [6, 6.07) is 28.3. The Kier molecular flexibility index (Phi) is 33.1. The van der Waals surface area contributed by atoms with Gasteiger partial charge in [-0.15, -0.1) is 0 Å². The van der Waals surface area contributed by atoms with Gasteiger partial charge in [-0.3, -0.25) is 4.79 Å². The molecule has 0 aliphatic heterocycles. The van der Waals surface area contributed by atoms with Crippen molar-refractivity contribution >= 4 is 94.0 Å². The van der Waals surface area contributed by atoms with E-state index in [0.29, 0.717) is 18.9 Å². The van der Waals surface area contributed by atoms with E-state index < -0.39 is 47.1 Å². The molecule has 3 aromatic carbocycles. The molecule has 0 fully saturated rings. The van der Waals surface area contributed by atoms with Crippen LogP contribution in [-0.2, 0) is 52.2 Å². The highest BCUT2D eigenvalue weighted by Gasteiger charge is 2.29. The molecule has 63 heavy (non-hydrogen) atoms. The van der Waals surface area contributed by atoms with Crippen LogP contribution in [0.2, 0.25) is 0 Å². The molecule has 21 heteroatoms. The van der Waals surface area contributed by atoms with E-state index in [2.05, 4.69) is 29.2 Å². The van der Waals surface area contributed by atoms with Crippen molar-refractivity contribution in [1.82, 2.24) is 10.3 Å². The van der Waals surface area contributed by atoms with E-state index in [0.717, 1.165) is 23.0 Å². The fraction of sp³-hybridized carbons (Fsp3) is 0.357. The number of nitrogens with zero attached hydrogens (tertiary/aromatic N) is 1. The second-order valence-corrected chi connectivity index (χ2v) is 15.9. The van der Waals surface area contributed by atoms with Crippen molar-refractivity contribution in [2.75, 3.05) is 33.5 Å². The molecule has 1 heterocycles. The van der Waals surface area contributed by atoms with Crippen LogP contribution in [0.4, 0.5) is 4.79 Å². The molecule has 1 aromatic heterocycles. The van der Waals surface area contributed by atoms with E-state index in [1.807, 2.05) is 97.9 Å². The number of amides is 1. The summed E-state index contributed by atoms with van der Waals surface area (Å²) in [5, 5.41) is 4.78. The Hall–Kier alpha value is -5.70. The van der Waals surface area contributed by atoms with Crippen LogP contribution in [0, 0.1) is 6.92 Å². The lowest BCUT2D eigenvalue weighted by Gasteiger charge is -2.19. The number of halogens is 3. The number of rotatable bonds is 11. The molecule has 0 spiro atoms. The van der Waals surface area contributed by atoms with Crippen LogP contribution < -0.4 is 26.0 Å². The molecular weight excluding hydrogens is 910 g/mol. The quantitative estimate of drug-likeness (QED) is 0.0511. The normalized spacial score (nSPS) is 10.1. The maximum Gasteiger partial charge on any atom is 0.511 e. The highest BCUT2D eigenvalue weighted by atomic mass is 35.6. The second-order valence-electron chi connectivity index (χ2n) is 10.9. The number of benzene rings is 3. The summed E-state index contributed by atoms with van der Waals surface area (Å²) in [5.41, 5.74) is 0.551. The molecule has 4 rings (SSSR count). The number of hydrogen-bond donors (Lipinski definition) is 1. The zero-order chi connectivity index (χ0) is 46.4. The fourth-order valence-electron chi connectivity index (χ4n) is 4.20. The third-order valence-corrected chi connectivity index (χ3v) is 9.96. The molecule has 1 N–H and O–H groups in total. The summed E-state index contributed by atoms with van der Waals surface area (Å²) in [6.45, 7) is 11.0. The van der Waals surface area contributed by atoms with Crippen molar-refractivity contribution < 1.29 is 71.0 Å². The number of ether oxygens (including phenoxy) is 6. The molecular formula is C42H54Cl3N2O15P. The Balaban J connectivity index is -0.000000762. The summed E-state index contributed by atoms with van der Waals surface area (Å²) in [7, 11) is -1.67. The van der Waals surface area contributed by atoms with Crippen LogP contribution in [0.25, 0.3) is 0 Å². The highest BCUT2D eigenvalue weighted by Crippen LogP contribution is 2.41. The van der Waals surface area contributed by atoms with Gasteiger partial charge in [0.15, 0.2) is 7.14 Å². The van der Waals surface area contributed by atoms with Gasteiger partial charge < -0.3 is 42.7 Å². The molecule has 17 nitrogen and oxygen atoms in total. The molecule has 0 saturated heterocycles. The van der Waals surface area contributed by atoms with Crippen molar-refractivity contribution in [2.45, 2.75) is 66.4 Å². The number of oxazole rings is 1. The topological polar surface area (TPSA) is 230 Å². The minimum atomic E-state index is -2.78. The SMILES string of the molecule is C.C.CCOC(=O)C(=O)NC(C)C(=O)OCC.CCOC(=O)c1nc(C)c(OCC)o1.COC(=O)OC(Cl)(Cl)Cl.O=C=O.O=P(c1ccccc1)(c1ccccc1)c1ccccc1. The molecule has 1 amide bonds. The van der Waals surface area contributed by atoms with Gasteiger partial charge in [-0.1, -0.05) is 106 Å². The lowest BCUT2D eigenvalue weighted by Crippen LogP contribution is -2.43. The number of esters is 3. The Morgan fingerprint density at radius 3 is 1.49 bits per heavy atom. The zero-order valence-corrected chi connectivity index (χ0v) is 37.4. The summed E-state index contributed by atoms with van der Waals surface area (Å²) in [5.74, 6) is -2.90. The van der Waals surface area contributed by atoms with Gasteiger partial charge in [-0.05, 0) is 76.3 Å². The van der Waals surface area contributed by atoms with Gasteiger partial charge in [0.1, 0.15) is 11.7 Å². The number of aromatic nitrogens is 1. The Labute approximate surface area is 382 Å². The van der Waals surface area contributed by atoms with Crippen molar-refractivity contribution in [3.8, 4) is 5.95 Å². The molecule has 1 atom stereocenters. The van der Waals surface area contributed by atoms with Gasteiger partial charge in [0.25, 0.3) is 0 Å². The Morgan fingerprint density at radius 1 is 0.746 bits per heavy atom. The van der Waals surface area contributed by atoms with E-state index in [9.17, 15) is 28.5 Å². The van der Waals surface area contributed by atoms with E-state index in [1.165, 1.54) is 6.92 Å². The first-order valence-electron chi connectivity index (χ1n) is 17.9. The molecule has 348 valence electrons. The monoisotopic (exact) mass is 962 g/mol. The van der Waals surface area contributed by atoms with Crippen LogP contribution in [0.1, 0.15) is 65.9 Å². The average molecular weight is 964 g/mol. The van der Waals surface area contributed by atoms with Gasteiger partial charge in [0, 0.05) is 15.9 Å². The first-order chi connectivity index (χ1) is 28.9. The Bertz CT molecular complexity index is 1910. The Morgan fingerprint density at radius 2 is 1.16 bits per heavy atom. The van der Waals surface area contributed by atoms with Gasteiger partial charge in [-0.2, -0.15) is 9.59 Å². The maximum atomic E-state index is 13.8. The molecule has 0 radical (unpaired) electrons. The predicted octanol–water partition coefficient (Wildman–Crippen LogP) is 7.29. The van der Waals surface area contributed by atoms with Crippen molar-refractivity contribution in [1.29, 1.82) is 0 Å².